The average molecular weight is 370 g/mol. The smallest absolute Gasteiger partial charge is 0.241 e. The molecule has 3 heteroatoms. The van der Waals surface area contributed by atoms with Crippen LogP contribution in [-0.2, 0) is 11.2 Å². The average Bonchev–Trinajstić information content (AvgIpc) is 3.57. The van der Waals surface area contributed by atoms with Crippen molar-refractivity contribution in [1.82, 2.24) is 10.6 Å². The topological polar surface area (TPSA) is 41.1 Å². The van der Waals surface area contributed by atoms with Gasteiger partial charge in [-0.25, -0.2) is 0 Å². The van der Waals surface area contributed by atoms with Crippen molar-refractivity contribution >= 4 is 5.91 Å². The first-order valence-corrected chi connectivity index (χ1v) is 10.00. The SMILES string of the molecule is O=C(NC1CC1)C(NC(Cc1ccccc1)c1ccccc1)c1ccccc1. The summed E-state index contributed by atoms with van der Waals surface area (Å²) >= 11 is 0. The first kappa shape index (κ1) is 18.5. The van der Waals surface area contributed by atoms with Crippen LogP contribution < -0.4 is 10.6 Å². The van der Waals surface area contributed by atoms with Gasteiger partial charge in [0.05, 0.1) is 0 Å². The highest BCUT2D eigenvalue weighted by Crippen LogP contribution is 2.26. The predicted molar refractivity (Wildman–Crippen MR) is 113 cm³/mol. The molecule has 2 N–H and O–H groups in total. The summed E-state index contributed by atoms with van der Waals surface area (Å²) in [5.41, 5.74) is 3.43. The third-order valence-corrected chi connectivity index (χ3v) is 5.17. The maximum Gasteiger partial charge on any atom is 0.241 e. The van der Waals surface area contributed by atoms with Gasteiger partial charge in [0.1, 0.15) is 6.04 Å². The fourth-order valence-corrected chi connectivity index (χ4v) is 3.49. The van der Waals surface area contributed by atoms with Gasteiger partial charge in [-0.2, -0.15) is 0 Å². The van der Waals surface area contributed by atoms with E-state index in [1.165, 1.54) is 11.1 Å². The molecule has 3 nitrogen and oxygen atoms in total. The maximum absolute atomic E-state index is 13.0. The van der Waals surface area contributed by atoms with E-state index in [1.54, 1.807) is 0 Å². The monoisotopic (exact) mass is 370 g/mol. The summed E-state index contributed by atoms with van der Waals surface area (Å²) in [4.78, 5) is 13.0. The summed E-state index contributed by atoms with van der Waals surface area (Å²) in [5, 5.41) is 6.83. The lowest BCUT2D eigenvalue weighted by Crippen LogP contribution is -2.40. The number of benzene rings is 3. The standard InChI is InChI=1S/C25H26N2O/c28-25(26-22-16-17-22)24(21-14-8-3-9-15-21)27-23(20-12-6-2-7-13-20)18-19-10-4-1-5-11-19/h1-15,22-24,27H,16-18H2,(H,26,28). The van der Waals surface area contributed by atoms with Crippen LogP contribution in [-0.4, -0.2) is 11.9 Å². The zero-order chi connectivity index (χ0) is 19.2. The second-order valence-electron chi connectivity index (χ2n) is 7.45. The first-order valence-electron chi connectivity index (χ1n) is 10.00. The number of hydrogen-bond acceptors (Lipinski definition) is 2. The maximum atomic E-state index is 13.0. The molecule has 0 aliphatic heterocycles. The van der Waals surface area contributed by atoms with E-state index in [1.807, 2.05) is 42.5 Å². The lowest BCUT2D eigenvalue weighted by molar-refractivity contribution is -0.123. The highest BCUT2D eigenvalue weighted by molar-refractivity contribution is 5.83. The molecule has 28 heavy (non-hydrogen) atoms. The Hall–Kier alpha value is -2.91. The second kappa shape index (κ2) is 8.85. The van der Waals surface area contributed by atoms with E-state index in [9.17, 15) is 4.79 Å². The quantitative estimate of drug-likeness (QED) is 0.609. The number of amides is 1. The molecule has 3 aromatic rings. The Balaban J connectivity index is 1.62. The summed E-state index contributed by atoms with van der Waals surface area (Å²) in [5.74, 6) is 0.0580. The molecule has 0 bridgehead atoms. The summed E-state index contributed by atoms with van der Waals surface area (Å²) < 4.78 is 0. The molecule has 0 saturated heterocycles. The van der Waals surface area contributed by atoms with Gasteiger partial charge in [-0.3, -0.25) is 10.1 Å². The van der Waals surface area contributed by atoms with E-state index in [0.29, 0.717) is 6.04 Å². The molecule has 1 amide bonds. The van der Waals surface area contributed by atoms with Gasteiger partial charge in [0.2, 0.25) is 5.91 Å². The van der Waals surface area contributed by atoms with Crippen LogP contribution in [0.5, 0.6) is 0 Å². The van der Waals surface area contributed by atoms with Crippen LogP contribution in [0.2, 0.25) is 0 Å². The summed E-state index contributed by atoms with van der Waals surface area (Å²) in [6, 6.07) is 30.8. The van der Waals surface area contributed by atoms with Gasteiger partial charge in [-0.1, -0.05) is 91.0 Å². The zero-order valence-corrected chi connectivity index (χ0v) is 15.9. The Kier molecular flexibility index (Phi) is 5.83. The summed E-state index contributed by atoms with van der Waals surface area (Å²) in [6.45, 7) is 0. The van der Waals surface area contributed by atoms with Gasteiger partial charge in [-0.05, 0) is 36.0 Å². The molecular weight excluding hydrogens is 344 g/mol. The van der Waals surface area contributed by atoms with Gasteiger partial charge < -0.3 is 5.32 Å². The van der Waals surface area contributed by atoms with E-state index in [0.717, 1.165) is 24.8 Å². The molecule has 0 heterocycles. The Morgan fingerprint density at radius 2 is 1.32 bits per heavy atom. The molecule has 1 fully saturated rings. The normalized spacial score (nSPS) is 15.6. The molecular formula is C25H26N2O. The van der Waals surface area contributed by atoms with Gasteiger partial charge in [0.25, 0.3) is 0 Å². The van der Waals surface area contributed by atoms with Gasteiger partial charge in [-0.15, -0.1) is 0 Å². The fraction of sp³-hybridized carbons (Fsp3) is 0.240. The van der Waals surface area contributed by atoms with E-state index < -0.39 is 0 Å². The van der Waals surface area contributed by atoms with E-state index in [2.05, 4.69) is 59.2 Å². The Labute approximate surface area is 166 Å². The van der Waals surface area contributed by atoms with Crippen molar-refractivity contribution in [3.05, 3.63) is 108 Å². The number of hydrogen-bond donors (Lipinski definition) is 2. The van der Waals surface area contributed by atoms with Gasteiger partial charge >= 0.3 is 0 Å². The van der Waals surface area contributed by atoms with Crippen LogP contribution in [0, 0.1) is 0 Å². The molecule has 0 spiro atoms. The minimum absolute atomic E-state index is 0.0405. The molecule has 1 saturated carbocycles. The molecule has 0 aromatic heterocycles. The predicted octanol–water partition coefficient (Wildman–Crippen LogP) is 4.58. The highest BCUT2D eigenvalue weighted by Gasteiger charge is 2.30. The number of carbonyl (C=O) groups excluding carboxylic acids is 1. The van der Waals surface area contributed by atoms with E-state index in [-0.39, 0.29) is 18.0 Å². The highest BCUT2D eigenvalue weighted by atomic mass is 16.2. The van der Waals surface area contributed by atoms with E-state index >= 15 is 0 Å². The van der Waals surface area contributed by atoms with Crippen molar-refractivity contribution in [1.29, 1.82) is 0 Å². The third-order valence-electron chi connectivity index (χ3n) is 5.17. The van der Waals surface area contributed by atoms with Crippen molar-refractivity contribution < 1.29 is 4.79 Å². The van der Waals surface area contributed by atoms with Crippen molar-refractivity contribution in [3.8, 4) is 0 Å². The second-order valence-corrected chi connectivity index (χ2v) is 7.45. The molecule has 2 atom stereocenters. The van der Waals surface area contributed by atoms with Crippen LogP contribution >= 0.6 is 0 Å². The molecule has 2 unspecified atom stereocenters. The van der Waals surface area contributed by atoms with Crippen molar-refractivity contribution in [3.63, 3.8) is 0 Å². The van der Waals surface area contributed by atoms with Crippen molar-refractivity contribution in [2.75, 3.05) is 0 Å². The van der Waals surface area contributed by atoms with Crippen LogP contribution in [0.25, 0.3) is 0 Å². The lowest BCUT2D eigenvalue weighted by atomic mass is 9.96. The Morgan fingerprint density at radius 1 is 0.786 bits per heavy atom. The largest absolute Gasteiger partial charge is 0.352 e. The van der Waals surface area contributed by atoms with Gasteiger partial charge in [0.15, 0.2) is 0 Å². The zero-order valence-electron chi connectivity index (χ0n) is 15.9. The molecule has 1 aliphatic rings. The minimum Gasteiger partial charge on any atom is -0.352 e. The number of carbonyl (C=O) groups is 1. The molecule has 142 valence electrons. The third kappa shape index (κ3) is 4.87. The number of nitrogens with one attached hydrogen (secondary N) is 2. The summed E-state index contributed by atoms with van der Waals surface area (Å²) in [7, 11) is 0. The fourth-order valence-electron chi connectivity index (χ4n) is 3.49. The number of rotatable bonds is 8. The summed E-state index contributed by atoms with van der Waals surface area (Å²) in [6.07, 6.45) is 2.99. The van der Waals surface area contributed by atoms with E-state index in [4.69, 9.17) is 0 Å². The minimum atomic E-state index is -0.379. The molecule has 4 rings (SSSR count). The lowest BCUT2D eigenvalue weighted by Gasteiger charge is -2.26. The van der Waals surface area contributed by atoms with Crippen LogP contribution in [0.15, 0.2) is 91.0 Å². The van der Waals surface area contributed by atoms with Gasteiger partial charge in [0, 0.05) is 12.1 Å². The Bertz CT molecular complexity index is 876. The van der Waals surface area contributed by atoms with Crippen molar-refractivity contribution in [2.24, 2.45) is 0 Å². The molecule has 3 aromatic carbocycles. The molecule has 1 aliphatic carbocycles. The van der Waals surface area contributed by atoms with Crippen LogP contribution in [0.1, 0.15) is 41.6 Å². The Morgan fingerprint density at radius 3 is 1.89 bits per heavy atom. The van der Waals surface area contributed by atoms with Crippen molar-refractivity contribution in [2.45, 2.75) is 37.4 Å². The first-order chi connectivity index (χ1) is 13.8. The van der Waals surface area contributed by atoms with Crippen LogP contribution in [0.3, 0.4) is 0 Å². The molecule has 0 radical (unpaired) electrons. The van der Waals surface area contributed by atoms with Crippen LogP contribution in [0.4, 0.5) is 0 Å².